The second-order valence-electron chi connectivity index (χ2n) is 8.81. The predicted molar refractivity (Wildman–Crippen MR) is 121 cm³/mol. The minimum absolute atomic E-state index is 0.0162. The number of nitrogens with zero attached hydrogens (tertiary/aromatic N) is 2. The van der Waals surface area contributed by atoms with Crippen LogP contribution in [0.5, 0.6) is 0 Å². The first kappa shape index (κ1) is 22.8. The fourth-order valence-corrected chi connectivity index (χ4v) is 4.76. The van der Waals surface area contributed by atoms with Crippen molar-refractivity contribution in [3.8, 4) is 6.07 Å². The summed E-state index contributed by atoms with van der Waals surface area (Å²) < 4.78 is 0. The highest BCUT2D eigenvalue weighted by Gasteiger charge is 2.34. The van der Waals surface area contributed by atoms with Gasteiger partial charge in [0, 0.05) is 35.9 Å². The van der Waals surface area contributed by atoms with Crippen molar-refractivity contribution >= 4 is 52.2 Å². The van der Waals surface area contributed by atoms with E-state index in [1.54, 1.807) is 12.1 Å². The van der Waals surface area contributed by atoms with Crippen molar-refractivity contribution in [3.63, 3.8) is 0 Å². The Hall–Kier alpha value is -2.43. The van der Waals surface area contributed by atoms with Crippen molar-refractivity contribution in [1.29, 1.82) is 5.26 Å². The Balaban J connectivity index is 1.41. The van der Waals surface area contributed by atoms with E-state index in [1.807, 2.05) is 0 Å². The van der Waals surface area contributed by atoms with Gasteiger partial charge in [0.05, 0.1) is 28.7 Å². The minimum atomic E-state index is -0.680. The lowest BCUT2D eigenvalue weighted by Crippen LogP contribution is -2.45. The van der Waals surface area contributed by atoms with Gasteiger partial charge in [-0.15, -0.1) is 0 Å². The lowest BCUT2D eigenvalue weighted by Gasteiger charge is -2.20. The molecular formula is C23H24Cl2N4O3. The molecule has 2 heterocycles. The first-order valence-electron chi connectivity index (χ1n) is 10.9. The maximum absolute atomic E-state index is 13.1. The van der Waals surface area contributed by atoms with E-state index in [0.717, 1.165) is 12.8 Å². The normalized spacial score (nSPS) is 21.2. The highest BCUT2D eigenvalue weighted by Crippen LogP contribution is 2.39. The number of Topliss-reactive ketones (excluding diaryl/α,β-unsaturated/α-hetero) is 1. The first-order valence-corrected chi connectivity index (χ1v) is 11.7. The molecule has 7 nitrogen and oxygen atoms in total. The molecule has 9 heteroatoms. The largest absolute Gasteiger partial charge is 0.356 e. The van der Waals surface area contributed by atoms with Crippen LogP contribution in [0.25, 0.3) is 0 Å². The zero-order chi connectivity index (χ0) is 22.8. The Kier molecular flexibility index (Phi) is 6.82. The van der Waals surface area contributed by atoms with Crippen LogP contribution >= 0.6 is 23.2 Å². The Morgan fingerprint density at radius 1 is 1.22 bits per heavy atom. The lowest BCUT2D eigenvalue weighted by molar-refractivity contribution is -0.126. The van der Waals surface area contributed by atoms with Crippen molar-refractivity contribution in [1.82, 2.24) is 10.6 Å². The summed E-state index contributed by atoms with van der Waals surface area (Å²) in [5.74, 6) is -1.04. The van der Waals surface area contributed by atoms with E-state index in [4.69, 9.17) is 23.2 Å². The van der Waals surface area contributed by atoms with Crippen molar-refractivity contribution < 1.29 is 14.4 Å². The van der Waals surface area contributed by atoms with Gasteiger partial charge in [-0.1, -0.05) is 36.0 Å². The van der Waals surface area contributed by atoms with E-state index < -0.39 is 17.9 Å². The maximum Gasteiger partial charge on any atom is 0.266 e. The standard InChI is InChI=1S/C23H24Cl2N4O3/c24-16-3-4-17(25)21-15(16)10-19(28-21)23(32)29-18(8-12-1-2-12)20(30)9-13(11-26)7-14-5-6-27-22(14)31/h3-4,12-14,18H,1-2,5-10H2,(H,27,31)(H,29,32)/t13-,14+,18+/m1/s1. The molecule has 0 unspecified atom stereocenters. The third-order valence-electron chi connectivity index (χ3n) is 6.35. The molecular weight excluding hydrogens is 451 g/mol. The number of fused-ring (bicyclic) bond motifs is 1. The fraction of sp³-hybridized carbons (Fsp3) is 0.522. The highest BCUT2D eigenvalue weighted by atomic mass is 35.5. The number of aliphatic imine (C=N–C) groups is 1. The van der Waals surface area contributed by atoms with Crippen LogP contribution in [0, 0.1) is 29.1 Å². The molecule has 3 atom stereocenters. The third-order valence-corrected chi connectivity index (χ3v) is 7.01. The van der Waals surface area contributed by atoms with E-state index >= 15 is 0 Å². The molecule has 2 amide bonds. The average Bonchev–Trinajstić information content (AvgIpc) is 3.31. The number of benzene rings is 1. The van der Waals surface area contributed by atoms with E-state index in [0.29, 0.717) is 53.0 Å². The molecule has 2 aliphatic heterocycles. The molecule has 0 aromatic heterocycles. The van der Waals surface area contributed by atoms with Crippen LogP contribution in [0.1, 0.15) is 44.1 Å². The molecule has 0 bridgehead atoms. The summed E-state index contributed by atoms with van der Waals surface area (Å²) in [4.78, 5) is 42.2. The molecule has 2 N–H and O–H groups in total. The van der Waals surface area contributed by atoms with Crippen LogP contribution in [0.4, 0.5) is 5.69 Å². The number of carbonyl (C=O) groups is 3. The zero-order valence-corrected chi connectivity index (χ0v) is 19.0. The van der Waals surface area contributed by atoms with Gasteiger partial charge in [-0.2, -0.15) is 5.26 Å². The SMILES string of the molecule is N#C[C@@H](CC(=O)[C@H](CC1CC1)NC(=O)C1=Nc2c(Cl)ccc(Cl)c2C1)C[C@@H]1CCNC1=O. The first-order chi connectivity index (χ1) is 15.4. The van der Waals surface area contributed by atoms with Gasteiger partial charge in [0.15, 0.2) is 5.78 Å². The molecule has 2 fully saturated rings. The van der Waals surface area contributed by atoms with Gasteiger partial charge in [0.1, 0.15) is 5.71 Å². The van der Waals surface area contributed by atoms with Gasteiger partial charge in [0.2, 0.25) is 5.91 Å². The van der Waals surface area contributed by atoms with Crippen molar-refractivity contribution in [3.05, 3.63) is 27.7 Å². The van der Waals surface area contributed by atoms with Crippen LogP contribution in [0.3, 0.4) is 0 Å². The quantitative estimate of drug-likeness (QED) is 0.569. The van der Waals surface area contributed by atoms with Gasteiger partial charge in [-0.05, 0) is 37.3 Å². The zero-order valence-electron chi connectivity index (χ0n) is 17.5. The number of hydrogen-bond acceptors (Lipinski definition) is 5. The van der Waals surface area contributed by atoms with Crippen molar-refractivity contribution in [2.45, 2.75) is 51.0 Å². The third kappa shape index (κ3) is 5.13. The summed E-state index contributed by atoms with van der Waals surface area (Å²) in [7, 11) is 0. The number of halogens is 2. The van der Waals surface area contributed by atoms with Crippen LogP contribution in [0.15, 0.2) is 17.1 Å². The van der Waals surface area contributed by atoms with Crippen LogP contribution < -0.4 is 10.6 Å². The number of hydrogen-bond donors (Lipinski definition) is 2. The Bertz CT molecular complexity index is 1030. The summed E-state index contributed by atoms with van der Waals surface area (Å²) in [6.07, 6.45) is 3.91. The summed E-state index contributed by atoms with van der Waals surface area (Å²) >= 11 is 12.4. The molecule has 1 aromatic carbocycles. The summed E-state index contributed by atoms with van der Waals surface area (Å²) in [5, 5.41) is 16.1. The van der Waals surface area contributed by atoms with Gasteiger partial charge in [0.25, 0.3) is 5.91 Å². The maximum atomic E-state index is 13.1. The number of rotatable bonds is 9. The molecule has 1 saturated heterocycles. The van der Waals surface area contributed by atoms with Crippen LogP contribution in [-0.4, -0.2) is 35.9 Å². The van der Waals surface area contributed by atoms with E-state index in [2.05, 4.69) is 21.7 Å². The molecule has 0 spiro atoms. The monoisotopic (exact) mass is 474 g/mol. The van der Waals surface area contributed by atoms with Crippen LogP contribution in [0.2, 0.25) is 10.0 Å². The van der Waals surface area contributed by atoms with E-state index in [9.17, 15) is 19.6 Å². The average molecular weight is 475 g/mol. The molecule has 1 aliphatic carbocycles. The second-order valence-corrected chi connectivity index (χ2v) is 9.62. The highest BCUT2D eigenvalue weighted by molar-refractivity contribution is 6.44. The molecule has 32 heavy (non-hydrogen) atoms. The van der Waals surface area contributed by atoms with E-state index in [1.165, 1.54) is 0 Å². The van der Waals surface area contributed by atoms with Gasteiger partial charge >= 0.3 is 0 Å². The Labute approximate surface area is 196 Å². The van der Waals surface area contributed by atoms with Gasteiger partial charge in [-0.25, -0.2) is 4.99 Å². The molecule has 3 aliphatic rings. The predicted octanol–water partition coefficient (Wildman–Crippen LogP) is 3.53. The second kappa shape index (κ2) is 9.60. The molecule has 168 valence electrons. The number of nitrogens with one attached hydrogen (secondary N) is 2. The van der Waals surface area contributed by atoms with E-state index in [-0.39, 0.29) is 36.2 Å². The number of amides is 2. The summed E-state index contributed by atoms with van der Waals surface area (Å²) in [6.45, 7) is 0.606. The topological polar surface area (TPSA) is 111 Å². The van der Waals surface area contributed by atoms with Gasteiger partial charge < -0.3 is 10.6 Å². The Morgan fingerprint density at radius 3 is 2.59 bits per heavy atom. The Morgan fingerprint density at radius 2 is 1.97 bits per heavy atom. The molecule has 1 saturated carbocycles. The lowest BCUT2D eigenvalue weighted by atomic mass is 9.88. The summed E-state index contributed by atoms with van der Waals surface area (Å²) in [5.41, 5.74) is 1.46. The smallest absolute Gasteiger partial charge is 0.266 e. The summed E-state index contributed by atoms with van der Waals surface area (Å²) in [6, 6.07) is 4.80. The number of nitriles is 1. The van der Waals surface area contributed by atoms with Crippen LogP contribution in [-0.2, 0) is 20.8 Å². The fourth-order valence-electron chi connectivity index (χ4n) is 4.32. The van der Waals surface area contributed by atoms with Crippen molar-refractivity contribution in [2.75, 3.05) is 6.54 Å². The molecule has 1 aromatic rings. The molecule has 4 rings (SSSR count). The number of ketones is 1. The van der Waals surface area contributed by atoms with Gasteiger partial charge in [-0.3, -0.25) is 14.4 Å². The minimum Gasteiger partial charge on any atom is -0.356 e. The van der Waals surface area contributed by atoms with Crippen molar-refractivity contribution in [2.24, 2.45) is 22.7 Å². The number of carbonyl (C=O) groups excluding carboxylic acids is 3. The molecule has 0 radical (unpaired) electrons.